The van der Waals surface area contributed by atoms with Crippen LogP contribution >= 0.6 is 0 Å². The summed E-state index contributed by atoms with van der Waals surface area (Å²) in [5.41, 5.74) is 1.21. The van der Waals surface area contributed by atoms with Crippen molar-refractivity contribution in [3.8, 4) is 28.7 Å². The van der Waals surface area contributed by atoms with Crippen LogP contribution in [0.4, 0.5) is 0 Å². The summed E-state index contributed by atoms with van der Waals surface area (Å²) in [5.74, 6) is -2.03. The lowest BCUT2D eigenvalue weighted by molar-refractivity contribution is -0.131. The summed E-state index contributed by atoms with van der Waals surface area (Å²) >= 11 is 0. The lowest BCUT2D eigenvalue weighted by Gasteiger charge is -2.13. The molecule has 0 N–H and O–H groups in total. The lowest BCUT2D eigenvalue weighted by atomic mass is 10.1. The minimum absolute atomic E-state index is 0.00277. The predicted octanol–water partition coefficient (Wildman–Crippen LogP) is 5.70. The molecule has 0 aromatic heterocycles. The third-order valence-corrected chi connectivity index (χ3v) is 4.75. The zero-order chi connectivity index (χ0) is 30.0. The number of carbonyl (C=O) groups excluding carboxylic acids is 4. The summed E-state index contributed by atoms with van der Waals surface area (Å²) in [6.45, 7) is 20.2. The van der Waals surface area contributed by atoms with Gasteiger partial charge in [-0.15, -0.1) is 0 Å². The minimum atomic E-state index is -0.694. The van der Waals surface area contributed by atoms with Crippen LogP contribution in [0.15, 0.2) is 91.1 Å². The number of esters is 4. The van der Waals surface area contributed by atoms with E-state index in [1.165, 1.54) is 58.0 Å². The third-order valence-electron chi connectivity index (χ3n) is 4.75. The van der Waals surface area contributed by atoms with Crippen molar-refractivity contribution >= 4 is 30.0 Å². The Hall–Kier alpha value is -5.18. The molecule has 0 unspecified atom stereocenters. The van der Waals surface area contributed by atoms with Crippen LogP contribution in [-0.2, 0) is 19.2 Å². The van der Waals surface area contributed by atoms with E-state index in [4.69, 9.17) is 23.7 Å². The summed E-state index contributed by atoms with van der Waals surface area (Å²) in [6.07, 6.45) is 3.24. The lowest BCUT2D eigenvalue weighted by Crippen LogP contribution is -2.11. The van der Waals surface area contributed by atoms with Gasteiger partial charge in [0, 0.05) is 40.0 Å². The predicted molar refractivity (Wildman–Crippen MR) is 149 cm³/mol. The highest BCUT2D eigenvalue weighted by Gasteiger charge is 2.16. The maximum atomic E-state index is 12.2. The first-order chi connectivity index (χ1) is 18.8. The molecule has 0 radical (unpaired) electrons. The van der Waals surface area contributed by atoms with Gasteiger partial charge in [0.1, 0.15) is 23.9 Å². The van der Waals surface area contributed by atoms with E-state index in [1.807, 2.05) is 0 Å². The molecule has 0 atom stereocenters. The topological polar surface area (TPSA) is 114 Å². The van der Waals surface area contributed by atoms with Crippen molar-refractivity contribution in [3.05, 3.63) is 96.6 Å². The molecule has 2 rings (SSSR count). The Labute approximate surface area is 232 Å². The first-order valence-corrected chi connectivity index (χ1v) is 11.9. The smallest absolute Gasteiger partial charge is 0.338 e. The van der Waals surface area contributed by atoms with Gasteiger partial charge in [-0.3, -0.25) is 0 Å². The van der Waals surface area contributed by atoms with Crippen LogP contribution in [0.1, 0.15) is 33.3 Å². The van der Waals surface area contributed by atoms with Gasteiger partial charge in [-0.1, -0.05) is 32.4 Å². The van der Waals surface area contributed by atoms with Gasteiger partial charge >= 0.3 is 23.9 Å². The molecule has 0 fully saturated rings. The van der Waals surface area contributed by atoms with Crippen molar-refractivity contribution in [2.24, 2.45) is 0 Å². The summed E-state index contributed by atoms with van der Waals surface area (Å²) in [5, 5.41) is 0. The SMILES string of the molecule is C=C(C)C(=O)Oc1ccc(C=CCOc2ccc(OC(=O)C(=C)C)cc2OC(=O)C(=C)C)c(OC(=O)C(=C)C)c1. The van der Waals surface area contributed by atoms with E-state index in [0.717, 1.165) is 0 Å². The highest BCUT2D eigenvalue weighted by Crippen LogP contribution is 2.33. The fraction of sp³-hybridized carbons (Fsp3) is 0.161. The van der Waals surface area contributed by atoms with E-state index in [1.54, 1.807) is 18.2 Å². The highest BCUT2D eigenvalue weighted by atomic mass is 16.6. The highest BCUT2D eigenvalue weighted by molar-refractivity contribution is 5.91. The summed E-state index contributed by atoms with van der Waals surface area (Å²) in [6, 6.07) is 8.78. The molecule has 0 saturated carbocycles. The van der Waals surface area contributed by atoms with Crippen LogP contribution in [0.3, 0.4) is 0 Å². The molecule has 40 heavy (non-hydrogen) atoms. The fourth-order valence-corrected chi connectivity index (χ4v) is 2.63. The Morgan fingerprint density at radius 2 is 1.02 bits per heavy atom. The van der Waals surface area contributed by atoms with Crippen LogP contribution in [0.5, 0.6) is 28.7 Å². The Balaban J connectivity index is 2.27. The average Bonchev–Trinajstić information content (AvgIpc) is 2.88. The maximum Gasteiger partial charge on any atom is 0.338 e. The van der Waals surface area contributed by atoms with Crippen LogP contribution in [0.25, 0.3) is 6.08 Å². The van der Waals surface area contributed by atoms with Crippen molar-refractivity contribution in [3.63, 3.8) is 0 Å². The van der Waals surface area contributed by atoms with Gasteiger partial charge in [0.05, 0.1) is 0 Å². The van der Waals surface area contributed by atoms with E-state index < -0.39 is 23.9 Å². The van der Waals surface area contributed by atoms with Crippen molar-refractivity contribution < 1.29 is 42.9 Å². The molecule has 9 heteroatoms. The van der Waals surface area contributed by atoms with E-state index in [0.29, 0.717) is 5.56 Å². The standard InChI is InChI=1S/C31H30O9/c1-18(2)28(32)37-23-12-11-22(26(16-23)39-30(34)20(5)6)10-9-15-36-25-14-13-24(38-29(33)19(3)4)17-27(25)40-31(35)21(7)8/h9-14,16-17H,1,3,5,7,15H2,2,4,6,8H3. The van der Waals surface area contributed by atoms with Crippen LogP contribution in [-0.4, -0.2) is 30.5 Å². The number of hydrogen-bond donors (Lipinski definition) is 0. The normalized spacial score (nSPS) is 10.3. The van der Waals surface area contributed by atoms with E-state index in [2.05, 4.69) is 26.3 Å². The van der Waals surface area contributed by atoms with Gasteiger partial charge in [0.2, 0.25) is 0 Å². The number of rotatable bonds is 12. The number of benzene rings is 2. The van der Waals surface area contributed by atoms with Gasteiger partial charge in [-0.05, 0) is 58.0 Å². The second-order valence-electron chi connectivity index (χ2n) is 8.70. The van der Waals surface area contributed by atoms with Gasteiger partial charge in [0.25, 0.3) is 0 Å². The first-order valence-electron chi connectivity index (χ1n) is 11.9. The Morgan fingerprint density at radius 3 is 1.52 bits per heavy atom. The molecule has 9 nitrogen and oxygen atoms in total. The van der Waals surface area contributed by atoms with Gasteiger partial charge < -0.3 is 23.7 Å². The molecule has 0 aliphatic heterocycles. The molecule has 0 heterocycles. The molecule has 0 amide bonds. The average molecular weight is 547 g/mol. The molecule has 0 aliphatic carbocycles. The number of ether oxygens (including phenoxy) is 5. The zero-order valence-corrected chi connectivity index (χ0v) is 22.8. The molecule has 208 valence electrons. The number of hydrogen-bond acceptors (Lipinski definition) is 9. The second kappa shape index (κ2) is 14.1. The van der Waals surface area contributed by atoms with Crippen LogP contribution < -0.4 is 23.7 Å². The Bertz CT molecular complexity index is 1430. The summed E-state index contributed by atoms with van der Waals surface area (Å²) in [7, 11) is 0. The van der Waals surface area contributed by atoms with E-state index in [9.17, 15) is 19.2 Å². The molecule has 0 spiro atoms. The molecular formula is C31H30O9. The van der Waals surface area contributed by atoms with Gasteiger partial charge in [-0.25, -0.2) is 19.2 Å². The van der Waals surface area contributed by atoms with Crippen molar-refractivity contribution in [1.82, 2.24) is 0 Å². The van der Waals surface area contributed by atoms with Crippen LogP contribution in [0, 0.1) is 0 Å². The van der Waals surface area contributed by atoms with Gasteiger partial charge in [0.15, 0.2) is 11.5 Å². The summed E-state index contributed by atoms with van der Waals surface area (Å²) < 4.78 is 26.9. The summed E-state index contributed by atoms with van der Waals surface area (Å²) in [4.78, 5) is 48.0. The zero-order valence-electron chi connectivity index (χ0n) is 22.8. The van der Waals surface area contributed by atoms with Crippen molar-refractivity contribution in [2.45, 2.75) is 27.7 Å². The quantitative estimate of drug-likeness (QED) is 0.188. The molecule has 0 bridgehead atoms. The molecule has 0 aliphatic rings. The third kappa shape index (κ3) is 9.29. The van der Waals surface area contributed by atoms with E-state index in [-0.39, 0.29) is 57.6 Å². The second-order valence-corrected chi connectivity index (χ2v) is 8.70. The van der Waals surface area contributed by atoms with Gasteiger partial charge in [-0.2, -0.15) is 0 Å². The molecule has 0 saturated heterocycles. The van der Waals surface area contributed by atoms with E-state index >= 15 is 0 Å². The maximum absolute atomic E-state index is 12.2. The van der Waals surface area contributed by atoms with Crippen molar-refractivity contribution in [1.29, 1.82) is 0 Å². The molecule has 2 aromatic carbocycles. The Morgan fingerprint density at radius 1 is 0.600 bits per heavy atom. The number of carbonyl (C=O) groups is 4. The fourth-order valence-electron chi connectivity index (χ4n) is 2.63. The Kier molecular flexibility index (Phi) is 10.9. The molecule has 2 aromatic rings. The van der Waals surface area contributed by atoms with Crippen LogP contribution in [0.2, 0.25) is 0 Å². The minimum Gasteiger partial charge on any atom is -0.486 e. The largest absolute Gasteiger partial charge is 0.486 e. The first kappa shape index (κ1) is 31.0. The van der Waals surface area contributed by atoms with Crippen molar-refractivity contribution in [2.75, 3.05) is 6.61 Å². The molecular weight excluding hydrogens is 516 g/mol. The monoisotopic (exact) mass is 546 g/mol.